The van der Waals surface area contributed by atoms with Crippen LogP contribution in [0.1, 0.15) is 37.7 Å². The van der Waals surface area contributed by atoms with Gasteiger partial charge in [-0.15, -0.1) is 12.4 Å². The van der Waals surface area contributed by atoms with Gasteiger partial charge in [0.2, 0.25) is 5.91 Å². The van der Waals surface area contributed by atoms with Crippen molar-refractivity contribution in [1.82, 2.24) is 10.2 Å². The SMILES string of the molecule is CNC1CCN(C(=O)CC(C)c2ccccc2)CC1.Cl. The standard InChI is InChI=1S/C16H24N2O.ClH/c1-13(14-6-4-3-5-7-14)12-16(19)18-10-8-15(17-2)9-11-18;/h3-7,13,15,17H,8-12H2,1-2H3;1H. The third-order valence-corrected chi connectivity index (χ3v) is 4.11. The molecule has 20 heavy (non-hydrogen) atoms. The number of amides is 1. The number of rotatable bonds is 4. The Morgan fingerprint density at radius 1 is 1.30 bits per heavy atom. The molecular weight excluding hydrogens is 272 g/mol. The first kappa shape index (κ1) is 17.0. The van der Waals surface area contributed by atoms with Crippen LogP contribution in [0.5, 0.6) is 0 Å². The summed E-state index contributed by atoms with van der Waals surface area (Å²) in [5, 5.41) is 3.29. The van der Waals surface area contributed by atoms with Gasteiger partial charge in [0.05, 0.1) is 0 Å². The second-order valence-corrected chi connectivity index (χ2v) is 5.46. The van der Waals surface area contributed by atoms with E-state index >= 15 is 0 Å². The molecule has 1 aromatic carbocycles. The largest absolute Gasteiger partial charge is 0.343 e. The van der Waals surface area contributed by atoms with E-state index in [0.29, 0.717) is 24.3 Å². The molecule has 0 aromatic heterocycles. The van der Waals surface area contributed by atoms with E-state index in [1.165, 1.54) is 5.56 Å². The molecule has 1 N–H and O–H groups in total. The minimum absolute atomic E-state index is 0. The Morgan fingerprint density at radius 2 is 1.90 bits per heavy atom. The molecule has 1 aromatic rings. The maximum Gasteiger partial charge on any atom is 0.223 e. The second kappa shape index (κ2) is 8.28. The van der Waals surface area contributed by atoms with E-state index in [-0.39, 0.29) is 12.4 Å². The molecule has 1 fully saturated rings. The second-order valence-electron chi connectivity index (χ2n) is 5.46. The number of carbonyl (C=O) groups excluding carboxylic acids is 1. The maximum absolute atomic E-state index is 12.3. The Balaban J connectivity index is 0.00000200. The summed E-state index contributed by atoms with van der Waals surface area (Å²) in [6.07, 6.45) is 2.76. The normalized spacial score (nSPS) is 17.4. The Morgan fingerprint density at radius 3 is 2.45 bits per heavy atom. The molecule has 1 atom stereocenters. The minimum Gasteiger partial charge on any atom is -0.343 e. The van der Waals surface area contributed by atoms with Crippen molar-refractivity contribution < 1.29 is 4.79 Å². The van der Waals surface area contributed by atoms with Crippen LogP contribution in [0.15, 0.2) is 30.3 Å². The number of piperidine rings is 1. The lowest BCUT2D eigenvalue weighted by atomic mass is 9.96. The molecule has 0 spiro atoms. The molecule has 3 nitrogen and oxygen atoms in total. The number of nitrogens with one attached hydrogen (secondary N) is 1. The Bertz CT molecular complexity index is 402. The lowest BCUT2D eigenvalue weighted by molar-refractivity contribution is -0.132. The van der Waals surface area contributed by atoms with Crippen LogP contribution in [0.3, 0.4) is 0 Å². The van der Waals surface area contributed by atoms with Gasteiger partial charge >= 0.3 is 0 Å². The fourth-order valence-corrected chi connectivity index (χ4v) is 2.71. The fourth-order valence-electron chi connectivity index (χ4n) is 2.71. The van der Waals surface area contributed by atoms with Crippen molar-refractivity contribution in [2.75, 3.05) is 20.1 Å². The van der Waals surface area contributed by atoms with E-state index in [9.17, 15) is 4.79 Å². The summed E-state index contributed by atoms with van der Waals surface area (Å²) in [5.74, 6) is 0.599. The summed E-state index contributed by atoms with van der Waals surface area (Å²) >= 11 is 0. The van der Waals surface area contributed by atoms with Gasteiger partial charge in [0.15, 0.2) is 0 Å². The predicted octanol–water partition coefficient (Wildman–Crippen LogP) is 2.81. The Hall–Kier alpha value is -1.06. The highest BCUT2D eigenvalue weighted by Gasteiger charge is 2.23. The van der Waals surface area contributed by atoms with Crippen molar-refractivity contribution in [3.05, 3.63) is 35.9 Å². The topological polar surface area (TPSA) is 32.3 Å². The Kier molecular flexibility index (Phi) is 7.03. The smallest absolute Gasteiger partial charge is 0.223 e. The summed E-state index contributed by atoms with van der Waals surface area (Å²) in [5.41, 5.74) is 1.25. The van der Waals surface area contributed by atoms with Gasteiger partial charge in [-0.05, 0) is 31.4 Å². The molecule has 112 valence electrons. The minimum atomic E-state index is 0. The highest BCUT2D eigenvalue weighted by Crippen LogP contribution is 2.21. The van der Waals surface area contributed by atoms with Crippen LogP contribution >= 0.6 is 12.4 Å². The van der Waals surface area contributed by atoms with E-state index in [4.69, 9.17) is 0 Å². The van der Waals surface area contributed by atoms with E-state index in [1.54, 1.807) is 0 Å². The highest BCUT2D eigenvalue weighted by atomic mass is 35.5. The van der Waals surface area contributed by atoms with E-state index in [2.05, 4.69) is 24.4 Å². The summed E-state index contributed by atoms with van der Waals surface area (Å²) in [6.45, 7) is 3.92. The fraction of sp³-hybridized carbons (Fsp3) is 0.562. The number of likely N-dealkylation sites (tertiary alicyclic amines) is 1. The zero-order valence-electron chi connectivity index (χ0n) is 12.3. The van der Waals surface area contributed by atoms with Crippen LogP contribution in [0.4, 0.5) is 0 Å². The van der Waals surface area contributed by atoms with Crippen molar-refractivity contribution in [2.45, 2.75) is 38.1 Å². The van der Waals surface area contributed by atoms with Crippen molar-refractivity contribution in [3.8, 4) is 0 Å². The quantitative estimate of drug-likeness (QED) is 0.927. The van der Waals surface area contributed by atoms with Gasteiger partial charge in [0.25, 0.3) is 0 Å². The molecule has 4 heteroatoms. The van der Waals surface area contributed by atoms with Gasteiger partial charge < -0.3 is 10.2 Å². The van der Waals surface area contributed by atoms with Gasteiger partial charge in [-0.1, -0.05) is 37.3 Å². The molecule has 1 unspecified atom stereocenters. The molecule has 2 rings (SSSR count). The summed E-state index contributed by atoms with van der Waals surface area (Å²) in [7, 11) is 2.00. The average molecular weight is 297 g/mol. The molecule has 0 bridgehead atoms. The first-order valence-electron chi connectivity index (χ1n) is 7.20. The van der Waals surface area contributed by atoms with Crippen LogP contribution in [-0.4, -0.2) is 37.0 Å². The number of nitrogens with zero attached hydrogens (tertiary/aromatic N) is 1. The molecule has 0 saturated carbocycles. The zero-order chi connectivity index (χ0) is 13.7. The third-order valence-electron chi connectivity index (χ3n) is 4.11. The number of halogens is 1. The maximum atomic E-state index is 12.3. The molecular formula is C16H25ClN2O. The molecule has 1 aliphatic rings. The molecule has 1 aliphatic heterocycles. The highest BCUT2D eigenvalue weighted by molar-refractivity contribution is 5.85. The van der Waals surface area contributed by atoms with Gasteiger partial charge in [0, 0.05) is 25.6 Å². The van der Waals surface area contributed by atoms with Gasteiger partial charge in [-0.2, -0.15) is 0 Å². The molecule has 1 saturated heterocycles. The molecule has 0 radical (unpaired) electrons. The zero-order valence-corrected chi connectivity index (χ0v) is 13.2. The Labute approximate surface area is 128 Å². The number of hydrogen-bond donors (Lipinski definition) is 1. The van der Waals surface area contributed by atoms with Crippen molar-refractivity contribution in [3.63, 3.8) is 0 Å². The van der Waals surface area contributed by atoms with Crippen LogP contribution in [0, 0.1) is 0 Å². The van der Waals surface area contributed by atoms with Gasteiger partial charge in [-0.3, -0.25) is 4.79 Å². The van der Waals surface area contributed by atoms with Crippen molar-refractivity contribution in [1.29, 1.82) is 0 Å². The van der Waals surface area contributed by atoms with Crippen LogP contribution in [-0.2, 0) is 4.79 Å². The monoisotopic (exact) mass is 296 g/mol. The summed E-state index contributed by atoms with van der Waals surface area (Å²) in [6, 6.07) is 10.9. The summed E-state index contributed by atoms with van der Waals surface area (Å²) in [4.78, 5) is 14.3. The van der Waals surface area contributed by atoms with Gasteiger partial charge in [0.1, 0.15) is 0 Å². The number of hydrogen-bond acceptors (Lipinski definition) is 2. The van der Waals surface area contributed by atoms with Crippen LogP contribution in [0.2, 0.25) is 0 Å². The number of carbonyl (C=O) groups is 1. The van der Waals surface area contributed by atoms with E-state index < -0.39 is 0 Å². The van der Waals surface area contributed by atoms with Crippen molar-refractivity contribution >= 4 is 18.3 Å². The molecule has 0 aliphatic carbocycles. The van der Waals surface area contributed by atoms with Gasteiger partial charge in [-0.25, -0.2) is 0 Å². The lowest BCUT2D eigenvalue weighted by Gasteiger charge is -2.32. The number of benzene rings is 1. The molecule has 1 heterocycles. The van der Waals surface area contributed by atoms with Crippen LogP contribution in [0.25, 0.3) is 0 Å². The van der Waals surface area contributed by atoms with E-state index in [1.807, 2.05) is 30.1 Å². The first-order chi connectivity index (χ1) is 9.20. The van der Waals surface area contributed by atoms with E-state index in [0.717, 1.165) is 25.9 Å². The summed E-state index contributed by atoms with van der Waals surface area (Å²) < 4.78 is 0. The van der Waals surface area contributed by atoms with Crippen molar-refractivity contribution in [2.24, 2.45) is 0 Å². The lowest BCUT2D eigenvalue weighted by Crippen LogP contribution is -2.44. The van der Waals surface area contributed by atoms with Crippen LogP contribution < -0.4 is 5.32 Å². The molecule has 1 amide bonds. The first-order valence-corrected chi connectivity index (χ1v) is 7.20. The third kappa shape index (κ3) is 4.50. The average Bonchev–Trinajstić information content (AvgIpc) is 2.48. The predicted molar refractivity (Wildman–Crippen MR) is 85.4 cm³/mol.